The zero-order chi connectivity index (χ0) is 13.2. The number of rotatable bonds is 2. The Kier molecular flexibility index (Phi) is 3.89. The average molecular weight is 278 g/mol. The van der Waals surface area contributed by atoms with Crippen LogP contribution in [-0.2, 0) is 11.2 Å². The van der Waals surface area contributed by atoms with Gasteiger partial charge in [-0.15, -0.1) is 11.3 Å². The molecule has 1 aromatic heterocycles. The Bertz CT molecular complexity index is 451. The van der Waals surface area contributed by atoms with Gasteiger partial charge in [-0.1, -0.05) is 0 Å². The highest BCUT2D eigenvalue weighted by molar-refractivity contribution is 7.10. The lowest BCUT2D eigenvalue weighted by Crippen LogP contribution is -2.45. The largest absolute Gasteiger partial charge is 0.342 e. The second-order valence-electron chi connectivity index (χ2n) is 5.67. The summed E-state index contributed by atoms with van der Waals surface area (Å²) < 4.78 is 0. The van der Waals surface area contributed by atoms with Crippen LogP contribution in [0.25, 0.3) is 0 Å². The number of nitrogens with zero attached hydrogens (tertiary/aromatic N) is 1. The number of thiophene rings is 1. The molecular formula is C15H22N2OS. The summed E-state index contributed by atoms with van der Waals surface area (Å²) in [5.41, 5.74) is 1.31. The molecule has 0 bridgehead atoms. The first-order valence-electron chi connectivity index (χ1n) is 7.31. The molecule has 3 nitrogen and oxygen atoms in total. The van der Waals surface area contributed by atoms with Crippen molar-refractivity contribution < 1.29 is 4.79 Å². The van der Waals surface area contributed by atoms with Gasteiger partial charge in [0, 0.05) is 18.0 Å². The number of amides is 1. The number of hydrogen-bond acceptors (Lipinski definition) is 3. The zero-order valence-corrected chi connectivity index (χ0v) is 12.3. The number of carbonyl (C=O) groups excluding carboxylic acids is 1. The third-order valence-electron chi connectivity index (χ3n) is 4.55. The van der Waals surface area contributed by atoms with E-state index in [0.29, 0.717) is 11.9 Å². The smallest absolute Gasteiger partial charge is 0.230 e. The molecule has 1 aliphatic heterocycles. The number of piperidine rings is 1. The van der Waals surface area contributed by atoms with Crippen molar-refractivity contribution >= 4 is 17.2 Å². The van der Waals surface area contributed by atoms with Gasteiger partial charge in [-0.05, 0) is 62.2 Å². The van der Waals surface area contributed by atoms with Gasteiger partial charge in [0.05, 0.1) is 5.92 Å². The molecule has 3 rings (SSSR count). The number of fused-ring (bicyclic) bond motifs is 1. The van der Waals surface area contributed by atoms with Crippen LogP contribution >= 0.6 is 11.3 Å². The van der Waals surface area contributed by atoms with Crippen LogP contribution in [0.5, 0.6) is 0 Å². The van der Waals surface area contributed by atoms with Gasteiger partial charge >= 0.3 is 0 Å². The average Bonchev–Trinajstić information content (AvgIpc) is 2.95. The third kappa shape index (κ3) is 2.56. The van der Waals surface area contributed by atoms with Crippen LogP contribution in [0.15, 0.2) is 11.4 Å². The van der Waals surface area contributed by atoms with E-state index in [9.17, 15) is 4.79 Å². The van der Waals surface area contributed by atoms with Crippen molar-refractivity contribution in [3.05, 3.63) is 21.9 Å². The van der Waals surface area contributed by atoms with Crippen LogP contribution in [0.3, 0.4) is 0 Å². The molecule has 1 aromatic rings. The molecule has 104 valence electrons. The first-order valence-corrected chi connectivity index (χ1v) is 8.19. The minimum absolute atomic E-state index is 0.120. The minimum Gasteiger partial charge on any atom is -0.342 e. The van der Waals surface area contributed by atoms with Crippen LogP contribution in [-0.4, -0.2) is 37.0 Å². The summed E-state index contributed by atoms with van der Waals surface area (Å²) in [5.74, 6) is 0.459. The fourth-order valence-corrected chi connectivity index (χ4v) is 4.35. The summed E-state index contributed by atoms with van der Waals surface area (Å²) in [5, 5.41) is 5.50. The van der Waals surface area contributed by atoms with Gasteiger partial charge in [0.15, 0.2) is 0 Å². The van der Waals surface area contributed by atoms with Gasteiger partial charge in [0.2, 0.25) is 5.91 Å². The van der Waals surface area contributed by atoms with Crippen LogP contribution in [0, 0.1) is 0 Å². The maximum atomic E-state index is 12.8. The first-order chi connectivity index (χ1) is 9.27. The van der Waals surface area contributed by atoms with Gasteiger partial charge in [-0.25, -0.2) is 0 Å². The Morgan fingerprint density at radius 1 is 1.37 bits per heavy atom. The topological polar surface area (TPSA) is 32.3 Å². The van der Waals surface area contributed by atoms with Gasteiger partial charge < -0.3 is 10.2 Å². The Morgan fingerprint density at radius 2 is 2.16 bits per heavy atom. The molecule has 1 unspecified atom stereocenters. The summed E-state index contributed by atoms with van der Waals surface area (Å²) in [7, 11) is 2.00. The zero-order valence-electron chi connectivity index (χ0n) is 11.5. The summed E-state index contributed by atoms with van der Waals surface area (Å²) >= 11 is 1.81. The molecule has 2 heterocycles. The SMILES string of the molecule is CN(C(=O)C1CCCc2sccc21)C1CCNCC1. The van der Waals surface area contributed by atoms with Gasteiger partial charge in [0.1, 0.15) is 0 Å². The number of hydrogen-bond donors (Lipinski definition) is 1. The van der Waals surface area contributed by atoms with Crippen LogP contribution < -0.4 is 5.32 Å². The van der Waals surface area contributed by atoms with Gasteiger partial charge in [0.25, 0.3) is 0 Å². The van der Waals surface area contributed by atoms with Crippen molar-refractivity contribution in [1.82, 2.24) is 10.2 Å². The second-order valence-corrected chi connectivity index (χ2v) is 6.67. The maximum Gasteiger partial charge on any atom is 0.230 e. The Morgan fingerprint density at radius 3 is 2.95 bits per heavy atom. The molecule has 1 aliphatic carbocycles. The van der Waals surface area contributed by atoms with Crippen LogP contribution in [0.2, 0.25) is 0 Å². The predicted octanol–water partition coefficient (Wildman–Crippen LogP) is 2.38. The Labute approximate surface area is 119 Å². The predicted molar refractivity (Wildman–Crippen MR) is 78.7 cm³/mol. The highest BCUT2D eigenvalue weighted by Crippen LogP contribution is 2.36. The summed E-state index contributed by atoms with van der Waals surface area (Å²) in [6.07, 6.45) is 5.52. The fraction of sp³-hybridized carbons (Fsp3) is 0.667. The number of nitrogens with one attached hydrogen (secondary N) is 1. The molecule has 1 fully saturated rings. The van der Waals surface area contributed by atoms with E-state index in [1.807, 2.05) is 23.3 Å². The molecule has 0 saturated carbocycles. The molecule has 1 N–H and O–H groups in total. The Hall–Kier alpha value is -0.870. The highest BCUT2D eigenvalue weighted by Gasteiger charge is 2.32. The van der Waals surface area contributed by atoms with Crippen molar-refractivity contribution in [3.63, 3.8) is 0 Å². The number of aryl methyl sites for hydroxylation is 1. The highest BCUT2D eigenvalue weighted by atomic mass is 32.1. The summed E-state index contributed by atoms with van der Waals surface area (Å²) in [6.45, 7) is 2.08. The van der Waals surface area contributed by atoms with E-state index in [4.69, 9.17) is 0 Å². The molecule has 1 atom stereocenters. The lowest BCUT2D eigenvalue weighted by molar-refractivity contribution is -0.134. The summed E-state index contributed by atoms with van der Waals surface area (Å²) in [4.78, 5) is 16.2. The van der Waals surface area contributed by atoms with E-state index in [2.05, 4.69) is 16.8 Å². The van der Waals surface area contributed by atoms with E-state index >= 15 is 0 Å². The van der Waals surface area contributed by atoms with E-state index in [-0.39, 0.29) is 5.92 Å². The van der Waals surface area contributed by atoms with E-state index in [1.165, 1.54) is 10.4 Å². The Balaban J connectivity index is 1.74. The van der Waals surface area contributed by atoms with E-state index in [0.717, 1.165) is 45.2 Å². The van der Waals surface area contributed by atoms with Crippen molar-refractivity contribution in [3.8, 4) is 0 Å². The van der Waals surface area contributed by atoms with Crippen molar-refractivity contribution in [2.24, 2.45) is 0 Å². The van der Waals surface area contributed by atoms with Gasteiger partial charge in [-0.2, -0.15) is 0 Å². The minimum atomic E-state index is 0.120. The number of carbonyl (C=O) groups is 1. The molecular weight excluding hydrogens is 256 g/mol. The normalized spacial score (nSPS) is 23.9. The molecule has 0 aromatic carbocycles. The molecule has 1 amide bonds. The van der Waals surface area contributed by atoms with E-state index < -0.39 is 0 Å². The first kappa shape index (κ1) is 13.1. The molecule has 0 spiro atoms. The molecule has 0 radical (unpaired) electrons. The molecule has 2 aliphatic rings. The lowest BCUT2D eigenvalue weighted by atomic mass is 9.86. The van der Waals surface area contributed by atoms with E-state index in [1.54, 1.807) is 0 Å². The van der Waals surface area contributed by atoms with Crippen molar-refractivity contribution in [1.29, 1.82) is 0 Å². The monoisotopic (exact) mass is 278 g/mol. The van der Waals surface area contributed by atoms with Crippen molar-refractivity contribution in [2.75, 3.05) is 20.1 Å². The third-order valence-corrected chi connectivity index (χ3v) is 5.55. The molecule has 1 saturated heterocycles. The van der Waals surface area contributed by atoms with Crippen LogP contribution in [0.4, 0.5) is 0 Å². The van der Waals surface area contributed by atoms with Gasteiger partial charge in [-0.3, -0.25) is 4.79 Å². The maximum absolute atomic E-state index is 12.8. The molecule has 19 heavy (non-hydrogen) atoms. The number of likely N-dealkylation sites (N-methyl/N-ethyl adjacent to an activating group) is 1. The fourth-order valence-electron chi connectivity index (χ4n) is 3.36. The second kappa shape index (κ2) is 5.63. The van der Waals surface area contributed by atoms with Crippen molar-refractivity contribution in [2.45, 2.75) is 44.1 Å². The standard InChI is InChI=1S/C15H22N2OS/c1-17(11-5-8-16-9-6-11)15(18)13-3-2-4-14-12(13)7-10-19-14/h7,10-11,13,16H,2-6,8-9H2,1H3. The quantitative estimate of drug-likeness (QED) is 0.901. The summed E-state index contributed by atoms with van der Waals surface area (Å²) in [6, 6.07) is 2.59. The van der Waals surface area contributed by atoms with Crippen LogP contribution in [0.1, 0.15) is 42.0 Å². The molecule has 4 heteroatoms. The lowest BCUT2D eigenvalue weighted by Gasteiger charge is -2.35.